The highest BCUT2D eigenvalue weighted by Gasteiger charge is 2.15. The average molecular weight is 357 g/mol. The third kappa shape index (κ3) is 2.17. The molecule has 6 heteroatoms. The van der Waals surface area contributed by atoms with E-state index in [-0.39, 0.29) is 11.9 Å². The smallest absolute Gasteiger partial charge is 0.178 e. The number of imidazole rings is 1. The van der Waals surface area contributed by atoms with E-state index in [0.29, 0.717) is 9.24 Å². The predicted octanol–water partition coefficient (Wildman–Crippen LogP) is 5.27. The highest BCUT2D eigenvalue weighted by molar-refractivity contribution is 9.10. The summed E-state index contributed by atoms with van der Waals surface area (Å²) in [5, 5.41) is 2.03. The van der Waals surface area contributed by atoms with Crippen LogP contribution < -0.4 is 0 Å². The maximum atomic E-state index is 13.7. The Morgan fingerprint density at radius 3 is 2.95 bits per heavy atom. The van der Waals surface area contributed by atoms with Crippen LogP contribution in [0, 0.1) is 10.6 Å². The molecule has 0 aliphatic rings. The number of hydrogen-bond donors (Lipinski definition) is 1. The summed E-state index contributed by atoms with van der Waals surface area (Å²) >= 11 is 10.2. The summed E-state index contributed by atoms with van der Waals surface area (Å²) in [5.74, 6) is -0.284. The molecule has 2 nitrogen and oxygen atoms in total. The fourth-order valence-electron chi connectivity index (χ4n) is 2.16. The van der Waals surface area contributed by atoms with Gasteiger partial charge in [0, 0.05) is 10.9 Å². The Bertz CT molecular complexity index is 789. The third-order valence-electron chi connectivity index (χ3n) is 3.10. The Balaban J connectivity index is 2.26. The Morgan fingerprint density at radius 1 is 1.47 bits per heavy atom. The molecule has 2 aromatic heterocycles. The number of nitrogens with zero attached hydrogens (tertiary/aromatic N) is 1. The SMILES string of the molecule is CC(c1cccs1)n1c(=S)[nH]c2cc(Br)c(F)cc21. The third-order valence-corrected chi connectivity index (χ3v) is 5.05. The van der Waals surface area contributed by atoms with Crippen LogP contribution in [-0.2, 0) is 0 Å². The van der Waals surface area contributed by atoms with Crippen molar-refractivity contribution in [1.82, 2.24) is 9.55 Å². The molecule has 0 aliphatic heterocycles. The highest BCUT2D eigenvalue weighted by atomic mass is 79.9. The summed E-state index contributed by atoms with van der Waals surface area (Å²) in [6.45, 7) is 2.06. The van der Waals surface area contributed by atoms with Crippen LogP contribution in [0.3, 0.4) is 0 Å². The number of aromatic nitrogens is 2. The highest BCUT2D eigenvalue weighted by Crippen LogP contribution is 2.29. The van der Waals surface area contributed by atoms with E-state index in [1.54, 1.807) is 17.4 Å². The second-order valence-electron chi connectivity index (χ2n) is 4.28. The first kappa shape index (κ1) is 13.0. The maximum Gasteiger partial charge on any atom is 0.178 e. The summed E-state index contributed by atoms with van der Waals surface area (Å²) in [6.07, 6.45) is 0. The molecule has 2 heterocycles. The van der Waals surface area contributed by atoms with E-state index >= 15 is 0 Å². The first-order chi connectivity index (χ1) is 9.08. The van der Waals surface area contributed by atoms with Crippen molar-refractivity contribution in [3.05, 3.63) is 49.6 Å². The van der Waals surface area contributed by atoms with Gasteiger partial charge in [0.25, 0.3) is 0 Å². The fraction of sp³-hybridized carbons (Fsp3) is 0.154. The van der Waals surface area contributed by atoms with Crippen molar-refractivity contribution in [2.75, 3.05) is 0 Å². The number of aromatic amines is 1. The minimum Gasteiger partial charge on any atom is -0.331 e. The van der Waals surface area contributed by atoms with E-state index in [0.717, 1.165) is 11.0 Å². The van der Waals surface area contributed by atoms with Gasteiger partial charge < -0.3 is 9.55 Å². The molecule has 1 unspecified atom stereocenters. The number of hydrogen-bond acceptors (Lipinski definition) is 2. The van der Waals surface area contributed by atoms with Crippen LogP contribution in [0.4, 0.5) is 4.39 Å². The number of benzene rings is 1. The number of halogens is 2. The van der Waals surface area contributed by atoms with Gasteiger partial charge in [-0.15, -0.1) is 11.3 Å². The van der Waals surface area contributed by atoms with E-state index in [4.69, 9.17) is 12.2 Å². The average Bonchev–Trinajstić information content (AvgIpc) is 2.97. The zero-order valence-corrected chi connectivity index (χ0v) is 13.2. The van der Waals surface area contributed by atoms with Gasteiger partial charge in [-0.1, -0.05) is 6.07 Å². The van der Waals surface area contributed by atoms with Crippen LogP contribution in [0.15, 0.2) is 34.1 Å². The number of thiophene rings is 1. The maximum absolute atomic E-state index is 13.7. The summed E-state index contributed by atoms with van der Waals surface area (Å²) in [4.78, 5) is 4.32. The van der Waals surface area contributed by atoms with Gasteiger partial charge in [-0.3, -0.25) is 0 Å². The van der Waals surface area contributed by atoms with E-state index < -0.39 is 0 Å². The van der Waals surface area contributed by atoms with Gasteiger partial charge in [-0.2, -0.15) is 0 Å². The normalized spacial score (nSPS) is 13.0. The molecule has 0 fully saturated rings. The van der Waals surface area contributed by atoms with Crippen LogP contribution in [0.1, 0.15) is 17.8 Å². The summed E-state index contributed by atoms with van der Waals surface area (Å²) in [7, 11) is 0. The summed E-state index contributed by atoms with van der Waals surface area (Å²) < 4.78 is 16.7. The van der Waals surface area contributed by atoms with Gasteiger partial charge in [0.1, 0.15) is 5.82 Å². The van der Waals surface area contributed by atoms with Crippen LogP contribution in [0.2, 0.25) is 0 Å². The number of nitrogens with one attached hydrogen (secondary N) is 1. The molecule has 0 aliphatic carbocycles. The molecular formula is C13H10BrFN2S2. The first-order valence-electron chi connectivity index (χ1n) is 5.70. The molecule has 1 aromatic carbocycles. The molecule has 98 valence electrons. The second kappa shape index (κ2) is 4.85. The topological polar surface area (TPSA) is 20.7 Å². The predicted molar refractivity (Wildman–Crippen MR) is 82.9 cm³/mol. The monoisotopic (exact) mass is 356 g/mol. The molecule has 3 rings (SSSR count). The number of fused-ring (bicyclic) bond motifs is 1. The van der Waals surface area contributed by atoms with Crippen molar-refractivity contribution in [3.8, 4) is 0 Å². The van der Waals surface area contributed by atoms with Gasteiger partial charge >= 0.3 is 0 Å². The molecule has 0 bridgehead atoms. The standard InChI is InChI=1S/C13H10BrFN2S2/c1-7(12-3-2-4-19-12)17-11-6-9(15)8(14)5-10(11)16-13(17)18/h2-7H,1H3,(H,16,18). The zero-order chi connectivity index (χ0) is 13.6. The molecule has 0 saturated carbocycles. The Hall–Kier alpha value is -0.980. The van der Waals surface area contributed by atoms with Crippen molar-refractivity contribution >= 4 is 50.5 Å². The lowest BCUT2D eigenvalue weighted by molar-refractivity contribution is 0.618. The molecule has 1 atom stereocenters. The van der Waals surface area contributed by atoms with Gasteiger partial charge in [0.2, 0.25) is 0 Å². The Labute approximate surface area is 127 Å². The lowest BCUT2D eigenvalue weighted by atomic mass is 10.2. The number of rotatable bonds is 2. The van der Waals surface area contributed by atoms with Crippen molar-refractivity contribution in [3.63, 3.8) is 0 Å². The zero-order valence-electron chi connectivity index (χ0n) is 9.98. The molecule has 0 spiro atoms. The van der Waals surface area contributed by atoms with Crippen molar-refractivity contribution in [2.45, 2.75) is 13.0 Å². The molecule has 19 heavy (non-hydrogen) atoms. The molecule has 3 aromatic rings. The molecular weight excluding hydrogens is 347 g/mol. The first-order valence-corrected chi connectivity index (χ1v) is 7.78. The Kier molecular flexibility index (Phi) is 3.32. The lowest BCUT2D eigenvalue weighted by Crippen LogP contribution is -2.05. The van der Waals surface area contributed by atoms with Crippen LogP contribution in [-0.4, -0.2) is 9.55 Å². The number of H-pyrrole nitrogens is 1. The van der Waals surface area contributed by atoms with Crippen LogP contribution in [0.25, 0.3) is 11.0 Å². The summed E-state index contributed by atoms with van der Waals surface area (Å²) in [6, 6.07) is 7.38. The second-order valence-corrected chi connectivity index (χ2v) is 6.50. The summed E-state index contributed by atoms with van der Waals surface area (Å²) in [5.41, 5.74) is 1.62. The lowest BCUT2D eigenvalue weighted by Gasteiger charge is -2.13. The van der Waals surface area contributed by atoms with Gasteiger partial charge in [-0.05, 0) is 52.6 Å². The van der Waals surface area contributed by atoms with Crippen molar-refractivity contribution in [1.29, 1.82) is 0 Å². The van der Waals surface area contributed by atoms with Crippen LogP contribution in [0.5, 0.6) is 0 Å². The minimum atomic E-state index is -0.284. The van der Waals surface area contributed by atoms with Crippen molar-refractivity contribution in [2.24, 2.45) is 0 Å². The van der Waals surface area contributed by atoms with E-state index in [1.165, 1.54) is 10.9 Å². The van der Waals surface area contributed by atoms with E-state index in [2.05, 4.69) is 33.9 Å². The molecule has 0 amide bonds. The fourth-order valence-corrected chi connectivity index (χ4v) is 3.64. The van der Waals surface area contributed by atoms with Crippen molar-refractivity contribution < 1.29 is 4.39 Å². The van der Waals surface area contributed by atoms with Gasteiger partial charge in [0.05, 0.1) is 21.5 Å². The molecule has 0 radical (unpaired) electrons. The van der Waals surface area contributed by atoms with Gasteiger partial charge in [-0.25, -0.2) is 4.39 Å². The van der Waals surface area contributed by atoms with E-state index in [1.807, 2.05) is 16.0 Å². The minimum absolute atomic E-state index is 0.0850. The van der Waals surface area contributed by atoms with E-state index in [9.17, 15) is 4.39 Å². The molecule has 0 saturated heterocycles. The molecule has 1 N–H and O–H groups in total. The largest absolute Gasteiger partial charge is 0.331 e. The van der Waals surface area contributed by atoms with Crippen LogP contribution >= 0.6 is 39.5 Å². The van der Waals surface area contributed by atoms with Gasteiger partial charge in [0.15, 0.2) is 4.77 Å². The quantitative estimate of drug-likeness (QED) is 0.620. The Morgan fingerprint density at radius 2 is 2.26 bits per heavy atom.